The molecule has 62 valence electrons. The van der Waals surface area contributed by atoms with Crippen LogP contribution in [0.1, 0.15) is 0 Å². The van der Waals surface area contributed by atoms with Gasteiger partial charge in [-0.1, -0.05) is 0 Å². The summed E-state index contributed by atoms with van der Waals surface area (Å²) in [4.78, 5) is 3.14. The van der Waals surface area contributed by atoms with Crippen molar-refractivity contribution in [1.29, 1.82) is 0 Å². The lowest BCUT2D eigenvalue weighted by Gasteiger charge is -1.98. The number of nitrogens with one attached hydrogen (secondary N) is 1. The van der Waals surface area contributed by atoms with Gasteiger partial charge in [-0.05, 0) is 28.1 Å². The Hall–Kier alpha value is -0.960. The van der Waals surface area contributed by atoms with Crippen LogP contribution in [0.2, 0.25) is 0 Å². The average Bonchev–Trinajstić information content (AvgIpc) is 2.47. The van der Waals surface area contributed by atoms with Crippen molar-refractivity contribution >= 4 is 26.8 Å². The summed E-state index contributed by atoms with van der Waals surface area (Å²) < 4.78 is 6.18. The van der Waals surface area contributed by atoms with E-state index in [2.05, 4.69) is 20.9 Å². The van der Waals surface area contributed by atoms with Crippen LogP contribution in [0.4, 0.5) is 0 Å². The zero-order chi connectivity index (χ0) is 8.55. The molecule has 0 amide bonds. The molecule has 0 spiro atoms. The summed E-state index contributed by atoms with van der Waals surface area (Å²) in [5, 5.41) is 1.18. The number of hydrogen-bond donors (Lipinski definition) is 1. The van der Waals surface area contributed by atoms with Gasteiger partial charge in [0.1, 0.15) is 5.75 Å². The van der Waals surface area contributed by atoms with E-state index in [1.807, 2.05) is 24.4 Å². The molecule has 0 aliphatic rings. The predicted molar refractivity (Wildman–Crippen MR) is 52.6 cm³/mol. The molecule has 0 saturated carbocycles. The maximum Gasteiger partial charge on any atom is 0.120 e. The van der Waals surface area contributed by atoms with E-state index in [0.29, 0.717) is 0 Å². The topological polar surface area (TPSA) is 25.0 Å². The Morgan fingerprint density at radius 2 is 2.25 bits per heavy atom. The molecule has 1 aromatic heterocycles. The first-order chi connectivity index (χ1) is 5.81. The lowest BCUT2D eigenvalue weighted by atomic mass is 10.2. The summed E-state index contributed by atoms with van der Waals surface area (Å²) in [7, 11) is 1.67. The normalized spacial score (nSPS) is 10.5. The average molecular weight is 226 g/mol. The van der Waals surface area contributed by atoms with E-state index in [1.54, 1.807) is 7.11 Å². The fraction of sp³-hybridized carbons (Fsp3) is 0.111. The number of rotatable bonds is 1. The second-order valence-corrected chi connectivity index (χ2v) is 3.40. The SMILES string of the molecule is COc1ccc2c(Br)c[nH]c2c1. The van der Waals surface area contributed by atoms with Crippen molar-refractivity contribution in [3.8, 4) is 5.75 Å². The van der Waals surface area contributed by atoms with Crippen molar-refractivity contribution in [2.24, 2.45) is 0 Å². The molecule has 0 bridgehead atoms. The van der Waals surface area contributed by atoms with Gasteiger partial charge in [0.15, 0.2) is 0 Å². The van der Waals surface area contributed by atoms with Crippen molar-refractivity contribution < 1.29 is 4.74 Å². The first-order valence-electron chi connectivity index (χ1n) is 3.62. The number of hydrogen-bond acceptors (Lipinski definition) is 1. The molecule has 1 aromatic carbocycles. The summed E-state index contributed by atoms with van der Waals surface area (Å²) in [6.07, 6.45) is 1.92. The highest BCUT2D eigenvalue weighted by Crippen LogP contribution is 2.26. The van der Waals surface area contributed by atoms with E-state index in [-0.39, 0.29) is 0 Å². The lowest BCUT2D eigenvalue weighted by molar-refractivity contribution is 0.415. The second-order valence-electron chi connectivity index (χ2n) is 2.55. The molecule has 0 aliphatic carbocycles. The van der Waals surface area contributed by atoms with E-state index in [0.717, 1.165) is 15.7 Å². The molecule has 0 atom stereocenters. The monoisotopic (exact) mass is 225 g/mol. The summed E-state index contributed by atoms with van der Waals surface area (Å²) in [5.74, 6) is 0.872. The van der Waals surface area contributed by atoms with Crippen molar-refractivity contribution in [2.75, 3.05) is 7.11 Å². The fourth-order valence-corrected chi connectivity index (χ4v) is 1.66. The molecule has 0 fully saturated rings. The van der Waals surface area contributed by atoms with Gasteiger partial charge in [-0.3, -0.25) is 0 Å². The fourth-order valence-electron chi connectivity index (χ4n) is 1.20. The number of ether oxygens (including phenoxy) is 1. The summed E-state index contributed by atoms with van der Waals surface area (Å²) in [6, 6.07) is 5.94. The molecule has 0 unspecified atom stereocenters. The molecular formula is C9H8BrNO. The molecule has 0 saturated heterocycles. The first kappa shape index (κ1) is 7.68. The summed E-state index contributed by atoms with van der Waals surface area (Å²) >= 11 is 3.44. The van der Waals surface area contributed by atoms with Gasteiger partial charge in [-0.25, -0.2) is 0 Å². The zero-order valence-corrected chi connectivity index (χ0v) is 8.18. The predicted octanol–water partition coefficient (Wildman–Crippen LogP) is 2.94. The smallest absolute Gasteiger partial charge is 0.120 e. The largest absolute Gasteiger partial charge is 0.497 e. The van der Waals surface area contributed by atoms with E-state index >= 15 is 0 Å². The van der Waals surface area contributed by atoms with Crippen LogP contribution in [-0.2, 0) is 0 Å². The van der Waals surface area contributed by atoms with Crippen LogP contribution in [0.25, 0.3) is 10.9 Å². The van der Waals surface area contributed by atoms with Gasteiger partial charge in [0.25, 0.3) is 0 Å². The highest BCUT2D eigenvalue weighted by molar-refractivity contribution is 9.10. The Morgan fingerprint density at radius 1 is 1.42 bits per heavy atom. The maximum atomic E-state index is 5.10. The molecule has 2 nitrogen and oxygen atoms in total. The van der Waals surface area contributed by atoms with Crippen LogP contribution in [0, 0.1) is 0 Å². The van der Waals surface area contributed by atoms with E-state index < -0.39 is 0 Å². The number of fused-ring (bicyclic) bond motifs is 1. The number of benzene rings is 1. The van der Waals surface area contributed by atoms with Crippen molar-refractivity contribution in [1.82, 2.24) is 4.98 Å². The third-order valence-corrected chi connectivity index (χ3v) is 2.49. The highest BCUT2D eigenvalue weighted by Gasteiger charge is 2.00. The molecule has 2 rings (SSSR count). The molecule has 0 aliphatic heterocycles. The summed E-state index contributed by atoms with van der Waals surface area (Å²) in [6.45, 7) is 0. The van der Waals surface area contributed by atoms with Crippen LogP contribution < -0.4 is 4.74 Å². The Balaban J connectivity index is 2.69. The van der Waals surface area contributed by atoms with Crippen LogP contribution in [0.3, 0.4) is 0 Å². The molecule has 1 heterocycles. The first-order valence-corrected chi connectivity index (χ1v) is 4.41. The second kappa shape index (κ2) is 2.83. The quantitative estimate of drug-likeness (QED) is 0.794. The molecular weight excluding hydrogens is 218 g/mol. The van der Waals surface area contributed by atoms with E-state index in [4.69, 9.17) is 4.74 Å². The number of aromatic nitrogens is 1. The van der Waals surface area contributed by atoms with Crippen molar-refractivity contribution in [3.05, 3.63) is 28.9 Å². The van der Waals surface area contributed by atoms with Gasteiger partial charge >= 0.3 is 0 Å². The Labute approximate surface area is 78.7 Å². The van der Waals surface area contributed by atoms with E-state index in [9.17, 15) is 0 Å². The molecule has 0 radical (unpaired) electrons. The van der Waals surface area contributed by atoms with Gasteiger partial charge < -0.3 is 9.72 Å². The number of halogens is 1. The molecule has 3 heteroatoms. The minimum atomic E-state index is 0.872. The number of methoxy groups -OCH3 is 1. The van der Waals surface area contributed by atoms with Gasteiger partial charge in [0.2, 0.25) is 0 Å². The Kier molecular flexibility index (Phi) is 1.81. The van der Waals surface area contributed by atoms with Gasteiger partial charge in [0, 0.05) is 22.1 Å². The maximum absolute atomic E-state index is 5.10. The zero-order valence-electron chi connectivity index (χ0n) is 6.60. The van der Waals surface area contributed by atoms with Crippen LogP contribution in [0.15, 0.2) is 28.9 Å². The van der Waals surface area contributed by atoms with Crippen LogP contribution in [-0.4, -0.2) is 12.1 Å². The minimum Gasteiger partial charge on any atom is -0.497 e. The summed E-state index contributed by atoms with van der Waals surface area (Å²) in [5.41, 5.74) is 1.08. The molecule has 2 aromatic rings. The van der Waals surface area contributed by atoms with Crippen molar-refractivity contribution in [3.63, 3.8) is 0 Å². The van der Waals surface area contributed by atoms with Crippen LogP contribution >= 0.6 is 15.9 Å². The minimum absolute atomic E-state index is 0.872. The number of H-pyrrole nitrogens is 1. The standard InChI is InChI=1S/C9H8BrNO/c1-12-6-2-3-7-8(10)5-11-9(7)4-6/h2-5,11H,1H3. The Bertz CT molecular complexity index is 408. The lowest BCUT2D eigenvalue weighted by Crippen LogP contribution is -1.80. The third kappa shape index (κ3) is 1.10. The third-order valence-electron chi connectivity index (χ3n) is 1.84. The van der Waals surface area contributed by atoms with Gasteiger partial charge in [-0.15, -0.1) is 0 Å². The van der Waals surface area contributed by atoms with Gasteiger partial charge in [0.05, 0.1) is 12.6 Å². The van der Waals surface area contributed by atoms with Crippen molar-refractivity contribution in [2.45, 2.75) is 0 Å². The molecule has 1 N–H and O–H groups in total. The van der Waals surface area contributed by atoms with Crippen LogP contribution in [0.5, 0.6) is 5.75 Å². The number of aromatic amines is 1. The Morgan fingerprint density at radius 3 is 3.00 bits per heavy atom. The van der Waals surface area contributed by atoms with Gasteiger partial charge in [-0.2, -0.15) is 0 Å². The highest BCUT2D eigenvalue weighted by atomic mass is 79.9. The molecule has 12 heavy (non-hydrogen) atoms. The van der Waals surface area contributed by atoms with E-state index in [1.165, 1.54) is 5.39 Å².